The van der Waals surface area contributed by atoms with Crippen molar-refractivity contribution in [3.05, 3.63) is 29.3 Å². The standard InChI is InChI=1S/C12H17ClS/c1-2-3-4-5-9-14-12-8-6-7-11(13)10-12/h6-8,10H,2-5,9H2,1H3. The van der Waals surface area contributed by atoms with Gasteiger partial charge in [0.25, 0.3) is 0 Å². The molecule has 0 aliphatic rings. The Labute approximate surface area is 96.0 Å². The Balaban J connectivity index is 2.18. The summed E-state index contributed by atoms with van der Waals surface area (Å²) in [6, 6.07) is 8.09. The van der Waals surface area contributed by atoms with Crippen molar-refractivity contribution in [2.75, 3.05) is 5.75 Å². The zero-order valence-electron chi connectivity index (χ0n) is 8.63. The Hall–Kier alpha value is -0.140. The summed E-state index contributed by atoms with van der Waals surface area (Å²) < 4.78 is 0. The highest BCUT2D eigenvalue weighted by molar-refractivity contribution is 7.99. The van der Waals surface area contributed by atoms with Crippen molar-refractivity contribution in [2.45, 2.75) is 37.5 Å². The molecule has 2 heteroatoms. The molecule has 0 aromatic heterocycles. The van der Waals surface area contributed by atoms with Gasteiger partial charge in [0.15, 0.2) is 0 Å². The molecule has 1 aromatic carbocycles. The van der Waals surface area contributed by atoms with Crippen LogP contribution >= 0.6 is 23.4 Å². The van der Waals surface area contributed by atoms with Crippen molar-refractivity contribution in [3.63, 3.8) is 0 Å². The lowest BCUT2D eigenvalue weighted by atomic mass is 10.2. The molecule has 0 radical (unpaired) electrons. The van der Waals surface area contributed by atoms with Gasteiger partial charge in [0.2, 0.25) is 0 Å². The summed E-state index contributed by atoms with van der Waals surface area (Å²) in [4.78, 5) is 1.29. The maximum atomic E-state index is 5.89. The summed E-state index contributed by atoms with van der Waals surface area (Å²) in [5.74, 6) is 1.21. The van der Waals surface area contributed by atoms with Gasteiger partial charge in [-0.25, -0.2) is 0 Å². The van der Waals surface area contributed by atoms with E-state index < -0.39 is 0 Å². The van der Waals surface area contributed by atoms with Crippen LogP contribution in [0.4, 0.5) is 0 Å². The average molecular weight is 229 g/mol. The number of rotatable bonds is 6. The second kappa shape index (κ2) is 7.19. The molecule has 0 N–H and O–H groups in total. The molecular formula is C12H17ClS. The minimum Gasteiger partial charge on any atom is -0.126 e. The van der Waals surface area contributed by atoms with Gasteiger partial charge in [0.05, 0.1) is 0 Å². The molecule has 0 fully saturated rings. The maximum Gasteiger partial charge on any atom is 0.0417 e. The first-order valence-corrected chi connectivity index (χ1v) is 6.57. The molecule has 0 saturated carbocycles. The lowest BCUT2D eigenvalue weighted by Gasteiger charge is -2.01. The van der Waals surface area contributed by atoms with E-state index in [9.17, 15) is 0 Å². The van der Waals surface area contributed by atoms with E-state index in [1.165, 1.54) is 36.3 Å². The van der Waals surface area contributed by atoms with E-state index in [0.29, 0.717) is 0 Å². The first-order valence-electron chi connectivity index (χ1n) is 5.21. The number of hydrogen-bond donors (Lipinski definition) is 0. The fourth-order valence-corrected chi connectivity index (χ4v) is 2.50. The van der Waals surface area contributed by atoms with Crippen LogP contribution in [0, 0.1) is 0 Å². The predicted octanol–water partition coefficient (Wildman–Crippen LogP) is 5.01. The minimum atomic E-state index is 0.837. The lowest BCUT2D eigenvalue weighted by Crippen LogP contribution is -1.81. The van der Waals surface area contributed by atoms with Gasteiger partial charge in [-0.05, 0) is 30.4 Å². The van der Waals surface area contributed by atoms with E-state index >= 15 is 0 Å². The molecule has 0 unspecified atom stereocenters. The highest BCUT2D eigenvalue weighted by atomic mass is 35.5. The SMILES string of the molecule is CCCCCCSc1cccc(Cl)c1. The van der Waals surface area contributed by atoms with Crippen molar-refractivity contribution in [2.24, 2.45) is 0 Å². The molecule has 0 nitrogen and oxygen atoms in total. The van der Waals surface area contributed by atoms with Crippen LogP contribution in [0.3, 0.4) is 0 Å². The van der Waals surface area contributed by atoms with Crippen molar-refractivity contribution in [1.82, 2.24) is 0 Å². The molecule has 0 amide bonds. The lowest BCUT2D eigenvalue weighted by molar-refractivity contribution is 0.706. The van der Waals surface area contributed by atoms with Gasteiger partial charge in [-0.15, -0.1) is 11.8 Å². The maximum absolute atomic E-state index is 5.89. The zero-order valence-corrected chi connectivity index (χ0v) is 10.2. The van der Waals surface area contributed by atoms with E-state index in [1.807, 2.05) is 30.0 Å². The monoisotopic (exact) mass is 228 g/mol. The van der Waals surface area contributed by atoms with Crippen molar-refractivity contribution < 1.29 is 0 Å². The molecule has 0 saturated heterocycles. The van der Waals surface area contributed by atoms with Crippen molar-refractivity contribution in [3.8, 4) is 0 Å². The number of halogens is 1. The summed E-state index contributed by atoms with van der Waals surface area (Å²) in [5.41, 5.74) is 0. The van der Waals surface area contributed by atoms with E-state index in [-0.39, 0.29) is 0 Å². The molecular weight excluding hydrogens is 212 g/mol. The highest BCUT2D eigenvalue weighted by Gasteiger charge is 1.94. The van der Waals surface area contributed by atoms with Gasteiger partial charge in [0, 0.05) is 9.92 Å². The predicted molar refractivity (Wildman–Crippen MR) is 66.3 cm³/mol. The van der Waals surface area contributed by atoms with Gasteiger partial charge in [0.1, 0.15) is 0 Å². The fraction of sp³-hybridized carbons (Fsp3) is 0.500. The van der Waals surface area contributed by atoms with Crippen LogP contribution in [0.1, 0.15) is 32.6 Å². The highest BCUT2D eigenvalue weighted by Crippen LogP contribution is 2.22. The van der Waals surface area contributed by atoms with E-state index in [0.717, 1.165) is 5.02 Å². The van der Waals surface area contributed by atoms with Crippen molar-refractivity contribution in [1.29, 1.82) is 0 Å². The second-order valence-corrected chi connectivity index (χ2v) is 4.97. The van der Waals surface area contributed by atoms with Gasteiger partial charge in [-0.3, -0.25) is 0 Å². The molecule has 0 spiro atoms. The van der Waals surface area contributed by atoms with Crippen LogP contribution in [-0.2, 0) is 0 Å². The minimum absolute atomic E-state index is 0.837. The van der Waals surface area contributed by atoms with Gasteiger partial charge < -0.3 is 0 Å². The summed E-state index contributed by atoms with van der Waals surface area (Å²) in [7, 11) is 0. The third-order valence-electron chi connectivity index (χ3n) is 2.06. The summed E-state index contributed by atoms with van der Waals surface area (Å²) >= 11 is 7.79. The van der Waals surface area contributed by atoms with Crippen LogP contribution < -0.4 is 0 Å². The molecule has 0 aliphatic carbocycles. The molecule has 78 valence electrons. The summed E-state index contributed by atoms with van der Waals surface area (Å²) in [6.07, 6.45) is 5.33. The van der Waals surface area contributed by atoms with Crippen LogP contribution in [0.15, 0.2) is 29.2 Å². The fourth-order valence-electron chi connectivity index (χ4n) is 1.28. The van der Waals surface area contributed by atoms with Gasteiger partial charge in [-0.1, -0.05) is 43.9 Å². The molecule has 1 rings (SSSR count). The van der Waals surface area contributed by atoms with Crippen LogP contribution in [0.2, 0.25) is 5.02 Å². The molecule has 0 bridgehead atoms. The Morgan fingerprint density at radius 2 is 2.07 bits per heavy atom. The number of hydrogen-bond acceptors (Lipinski definition) is 1. The number of unbranched alkanes of at least 4 members (excludes halogenated alkanes) is 3. The molecule has 0 heterocycles. The van der Waals surface area contributed by atoms with Gasteiger partial charge in [-0.2, -0.15) is 0 Å². The van der Waals surface area contributed by atoms with E-state index in [4.69, 9.17) is 11.6 Å². The first kappa shape index (κ1) is 11.9. The van der Waals surface area contributed by atoms with Gasteiger partial charge >= 0.3 is 0 Å². The molecule has 0 atom stereocenters. The molecule has 0 aliphatic heterocycles. The smallest absolute Gasteiger partial charge is 0.0417 e. The number of benzene rings is 1. The molecule has 1 aromatic rings. The summed E-state index contributed by atoms with van der Waals surface area (Å²) in [5, 5.41) is 0.837. The van der Waals surface area contributed by atoms with E-state index in [1.54, 1.807) is 0 Å². The third-order valence-corrected chi connectivity index (χ3v) is 3.38. The first-order chi connectivity index (χ1) is 6.83. The topological polar surface area (TPSA) is 0 Å². The van der Waals surface area contributed by atoms with Crippen LogP contribution in [0.5, 0.6) is 0 Å². The quantitative estimate of drug-likeness (QED) is 0.487. The van der Waals surface area contributed by atoms with E-state index in [2.05, 4.69) is 13.0 Å². The largest absolute Gasteiger partial charge is 0.126 e. The van der Waals surface area contributed by atoms with Crippen molar-refractivity contribution >= 4 is 23.4 Å². The summed E-state index contributed by atoms with van der Waals surface area (Å²) in [6.45, 7) is 2.24. The third kappa shape index (κ3) is 4.92. The Kier molecular flexibility index (Phi) is 6.13. The normalized spacial score (nSPS) is 10.4. The molecule has 14 heavy (non-hydrogen) atoms. The average Bonchev–Trinajstić information content (AvgIpc) is 2.18. The number of thioether (sulfide) groups is 1. The van der Waals surface area contributed by atoms with Crippen LogP contribution in [-0.4, -0.2) is 5.75 Å². The Morgan fingerprint density at radius 3 is 2.79 bits per heavy atom. The zero-order chi connectivity index (χ0) is 10.2. The van der Waals surface area contributed by atoms with Crippen LogP contribution in [0.25, 0.3) is 0 Å². The Bertz CT molecular complexity index is 260. The second-order valence-electron chi connectivity index (χ2n) is 3.37. The Morgan fingerprint density at radius 1 is 1.21 bits per heavy atom.